The highest BCUT2D eigenvalue weighted by Crippen LogP contribution is 2.29. The molecule has 0 aromatic heterocycles. The largest absolute Gasteiger partial charge is 0.573 e. The summed E-state index contributed by atoms with van der Waals surface area (Å²) in [5, 5.41) is 4.50. The van der Waals surface area contributed by atoms with Gasteiger partial charge in [0.15, 0.2) is 5.75 Å². The number of anilines is 1. The molecule has 21 heavy (non-hydrogen) atoms. The summed E-state index contributed by atoms with van der Waals surface area (Å²) >= 11 is 0. The van der Waals surface area contributed by atoms with Crippen LogP contribution in [0.2, 0.25) is 0 Å². The molecule has 0 aliphatic heterocycles. The minimum atomic E-state index is -4.86. The number of nitrogens with one attached hydrogen (secondary N) is 2. The third-order valence-corrected chi connectivity index (χ3v) is 2.20. The van der Waals surface area contributed by atoms with Gasteiger partial charge in [-0.25, -0.2) is 4.79 Å². The summed E-state index contributed by atoms with van der Waals surface area (Å²) in [6.07, 6.45) is -4.91. The molecule has 0 spiro atoms. The van der Waals surface area contributed by atoms with Gasteiger partial charge < -0.3 is 20.1 Å². The van der Waals surface area contributed by atoms with Crippen molar-refractivity contribution >= 4 is 17.7 Å². The molecule has 0 radical (unpaired) electrons. The van der Waals surface area contributed by atoms with E-state index in [4.69, 9.17) is 0 Å². The number of esters is 1. The maximum atomic E-state index is 12.2. The highest BCUT2D eigenvalue weighted by atomic mass is 19.4. The fraction of sp³-hybridized carbons (Fsp3) is 0.333. The predicted octanol–water partition coefficient (Wildman–Crippen LogP) is 2.27. The van der Waals surface area contributed by atoms with Gasteiger partial charge in [0, 0.05) is 6.54 Å². The number of urea groups is 1. The Morgan fingerprint density at radius 1 is 1.24 bits per heavy atom. The summed E-state index contributed by atoms with van der Waals surface area (Å²) in [5.41, 5.74) is -0.148. The molecule has 0 bridgehead atoms. The van der Waals surface area contributed by atoms with Gasteiger partial charge in [0.25, 0.3) is 0 Å². The molecule has 0 heterocycles. The number of carbonyl (C=O) groups excluding carboxylic acids is 2. The van der Waals surface area contributed by atoms with Gasteiger partial charge in [-0.15, -0.1) is 13.2 Å². The number of benzene rings is 1. The molecule has 1 aromatic carbocycles. The van der Waals surface area contributed by atoms with Crippen LogP contribution in [0.15, 0.2) is 24.3 Å². The Bertz CT molecular complexity index is 506. The van der Waals surface area contributed by atoms with E-state index in [1.807, 2.05) is 0 Å². The predicted molar refractivity (Wildman–Crippen MR) is 66.8 cm³/mol. The first-order valence-electron chi connectivity index (χ1n) is 5.78. The van der Waals surface area contributed by atoms with Gasteiger partial charge in [0.2, 0.25) is 0 Å². The number of hydrogen-bond acceptors (Lipinski definition) is 4. The van der Waals surface area contributed by atoms with Crippen molar-refractivity contribution in [3.05, 3.63) is 24.3 Å². The Morgan fingerprint density at radius 3 is 2.52 bits per heavy atom. The molecule has 1 rings (SSSR count). The maximum Gasteiger partial charge on any atom is 0.573 e. The lowest BCUT2D eigenvalue weighted by atomic mass is 10.3. The number of rotatable bonds is 5. The quantitative estimate of drug-likeness (QED) is 0.818. The van der Waals surface area contributed by atoms with E-state index in [1.54, 1.807) is 0 Å². The van der Waals surface area contributed by atoms with Crippen molar-refractivity contribution in [2.45, 2.75) is 12.8 Å². The average molecular weight is 306 g/mol. The van der Waals surface area contributed by atoms with Crippen LogP contribution in [0.1, 0.15) is 6.42 Å². The van der Waals surface area contributed by atoms with Crippen LogP contribution in [0.3, 0.4) is 0 Å². The van der Waals surface area contributed by atoms with Crippen LogP contribution >= 0.6 is 0 Å². The zero-order valence-electron chi connectivity index (χ0n) is 11.0. The van der Waals surface area contributed by atoms with Gasteiger partial charge >= 0.3 is 18.4 Å². The van der Waals surface area contributed by atoms with Crippen molar-refractivity contribution < 1.29 is 32.2 Å². The summed E-state index contributed by atoms with van der Waals surface area (Å²) in [7, 11) is 1.20. The molecule has 9 heteroatoms. The van der Waals surface area contributed by atoms with Crippen LogP contribution in [-0.2, 0) is 9.53 Å². The van der Waals surface area contributed by atoms with E-state index in [0.717, 1.165) is 6.07 Å². The number of methoxy groups -OCH3 is 1. The van der Waals surface area contributed by atoms with Gasteiger partial charge in [-0.1, -0.05) is 12.1 Å². The lowest BCUT2D eigenvalue weighted by Crippen LogP contribution is -2.31. The lowest BCUT2D eigenvalue weighted by molar-refractivity contribution is -0.274. The Morgan fingerprint density at radius 2 is 1.90 bits per heavy atom. The van der Waals surface area contributed by atoms with Gasteiger partial charge in [-0.05, 0) is 12.1 Å². The molecule has 0 saturated carbocycles. The van der Waals surface area contributed by atoms with Crippen molar-refractivity contribution in [3.8, 4) is 5.75 Å². The Labute approximate surface area is 118 Å². The zero-order valence-corrected chi connectivity index (χ0v) is 11.0. The fourth-order valence-corrected chi connectivity index (χ4v) is 1.33. The van der Waals surface area contributed by atoms with E-state index in [9.17, 15) is 22.8 Å². The second kappa shape index (κ2) is 7.36. The van der Waals surface area contributed by atoms with Gasteiger partial charge in [-0.3, -0.25) is 4.79 Å². The second-order valence-electron chi connectivity index (χ2n) is 3.75. The monoisotopic (exact) mass is 306 g/mol. The molecule has 0 fully saturated rings. The van der Waals surface area contributed by atoms with E-state index in [2.05, 4.69) is 20.1 Å². The van der Waals surface area contributed by atoms with Gasteiger partial charge in [0.05, 0.1) is 19.2 Å². The van der Waals surface area contributed by atoms with Crippen LogP contribution in [0, 0.1) is 0 Å². The molecular formula is C12H13F3N2O4. The van der Waals surface area contributed by atoms with Crippen molar-refractivity contribution in [1.29, 1.82) is 0 Å². The molecule has 0 aliphatic rings. The molecule has 0 atom stereocenters. The fourth-order valence-electron chi connectivity index (χ4n) is 1.33. The standard InChI is InChI=1S/C12H13F3N2O4/c1-20-10(18)6-7-16-11(19)17-8-4-2-3-5-9(8)21-12(13,14)15/h2-5H,6-7H2,1H3,(H2,16,17,19). The molecule has 1 aromatic rings. The molecule has 0 unspecified atom stereocenters. The Balaban J connectivity index is 2.58. The number of alkyl halides is 3. The first-order valence-corrected chi connectivity index (χ1v) is 5.78. The van der Waals surface area contributed by atoms with Crippen molar-refractivity contribution in [3.63, 3.8) is 0 Å². The maximum absolute atomic E-state index is 12.2. The normalized spacial score (nSPS) is 10.7. The van der Waals surface area contributed by atoms with Crippen LogP contribution in [0.5, 0.6) is 5.75 Å². The molecular weight excluding hydrogens is 293 g/mol. The number of ether oxygens (including phenoxy) is 2. The number of carbonyl (C=O) groups is 2. The van der Waals surface area contributed by atoms with E-state index in [0.29, 0.717) is 0 Å². The first-order chi connectivity index (χ1) is 9.81. The Kier molecular flexibility index (Phi) is 5.82. The van der Waals surface area contributed by atoms with E-state index in [-0.39, 0.29) is 18.7 Å². The minimum absolute atomic E-state index is 0.0131. The average Bonchev–Trinajstić information content (AvgIpc) is 2.39. The third-order valence-electron chi connectivity index (χ3n) is 2.20. The number of para-hydroxylation sites is 2. The zero-order chi connectivity index (χ0) is 15.9. The number of hydrogen-bond donors (Lipinski definition) is 2. The van der Waals surface area contributed by atoms with Crippen molar-refractivity contribution in [2.75, 3.05) is 19.0 Å². The Hall–Kier alpha value is -2.45. The number of amides is 2. The van der Waals surface area contributed by atoms with E-state index < -0.39 is 24.1 Å². The summed E-state index contributed by atoms with van der Waals surface area (Å²) in [5.74, 6) is -1.05. The van der Waals surface area contributed by atoms with Crippen LogP contribution in [-0.4, -0.2) is 32.0 Å². The van der Waals surface area contributed by atoms with Crippen LogP contribution in [0.25, 0.3) is 0 Å². The van der Waals surface area contributed by atoms with Crippen molar-refractivity contribution in [1.82, 2.24) is 5.32 Å². The highest BCUT2D eigenvalue weighted by Gasteiger charge is 2.32. The van der Waals surface area contributed by atoms with Gasteiger partial charge in [-0.2, -0.15) is 0 Å². The molecule has 0 saturated heterocycles. The second-order valence-corrected chi connectivity index (χ2v) is 3.75. The smallest absolute Gasteiger partial charge is 0.469 e. The summed E-state index contributed by atoms with van der Waals surface area (Å²) in [6.45, 7) is -0.0131. The molecule has 0 aliphatic carbocycles. The summed E-state index contributed by atoms with van der Waals surface area (Å²) < 4.78 is 44.7. The van der Waals surface area contributed by atoms with Crippen LogP contribution in [0.4, 0.5) is 23.7 Å². The SMILES string of the molecule is COC(=O)CCNC(=O)Nc1ccccc1OC(F)(F)F. The van der Waals surface area contributed by atoms with Gasteiger partial charge in [0.1, 0.15) is 0 Å². The first kappa shape index (κ1) is 16.6. The summed E-state index contributed by atoms with van der Waals surface area (Å²) in [6, 6.07) is 4.32. The molecule has 2 amide bonds. The minimum Gasteiger partial charge on any atom is -0.469 e. The molecule has 2 N–H and O–H groups in total. The van der Waals surface area contributed by atoms with E-state index in [1.165, 1.54) is 25.3 Å². The third kappa shape index (κ3) is 6.50. The molecule has 116 valence electrons. The lowest BCUT2D eigenvalue weighted by Gasteiger charge is -2.14. The topological polar surface area (TPSA) is 76.7 Å². The molecule has 6 nitrogen and oxygen atoms in total. The van der Waals surface area contributed by atoms with E-state index >= 15 is 0 Å². The number of halogens is 3. The van der Waals surface area contributed by atoms with Crippen molar-refractivity contribution in [2.24, 2.45) is 0 Å². The van der Waals surface area contributed by atoms with Crippen LogP contribution < -0.4 is 15.4 Å². The highest BCUT2D eigenvalue weighted by molar-refractivity contribution is 5.91. The summed E-state index contributed by atoms with van der Waals surface area (Å²) in [4.78, 5) is 22.3.